The van der Waals surface area contributed by atoms with Gasteiger partial charge in [0.05, 0.1) is 16.8 Å². The highest BCUT2D eigenvalue weighted by Gasteiger charge is 2.19. The van der Waals surface area contributed by atoms with E-state index in [1.165, 1.54) is 0 Å². The molecule has 8 heteroatoms. The second kappa shape index (κ2) is 8.30. The number of nitrogens with zero attached hydrogens (tertiary/aromatic N) is 5. The molecule has 7 nitrogen and oxygen atoms in total. The quantitative estimate of drug-likeness (QED) is 0.489. The first-order valence-electron chi connectivity index (χ1n) is 9.70. The summed E-state index contributed by atoms with van der Waals surface area (Å²) >= 11 is 6.25. The maximum Gasteiger partial charge on any atom is 0.225 e. The number of hydrogen-bond donors (Lipinski definition) is 2. The molecule has 0 unspecified atom stereocenters. The number of nitrogens with one attached hydrogen (secondary N) is 1. The summed E-state index contributed by atoms with van der Waals surface area (Å²) in [5.41, 5.74) is 10.6. The van der Waals surface area contributed by atoms with Crippen LogP contribution < -0.4 is 11.1 Å². The second-order valence-electron chi connectivity index (χ2n) is 7.47. The van der Waals surface area contributed by atoms with Crippen molar-refractivity contribution in [3.8, 4) is 16.9 Å². The molecule has 30 heavy (non-hydrogen) atoms. The average Bonchev–Trinajstić information content (AvgIpc) is 3.04. The van der Waals surface area contributed by atoms with Gasteiger partial charge in [-0.05, 0) is 50.8 Å². The third-order valence-corrected chi connectivity index (χ3v) is 4.99. The maximum absolute atomic E-state index is 6.55. The number of nitrogen functional groups attached to an aromatic ring is 1. The predicted octanol–water partition coefficient (Wildman–Crippen LogP) is 4.00. The van der Waals surface area contributed by atoms with Crippen molar-refractivity contribution in [1.82, 2.24) is 24.6 Å². The number of benzene rings is 2. The topological polar surface area (TPSA) is 84.9 Å². The van der Waals surface area contributed by atoms with Crippen molar-refractivity contribution in [1.29, 1.82) is 0 Å². The first-order chi connectivity index (χ1) is 14.4. The molecule has 2 heterocycles. The van der Waals surface area contributed by atoms with Gasteiger partial charge in [-0.2, -0.15) is 4.98 Å². The largest absolute Gasteiger partial charge is 0.383 e. The number of rotatable bonds is 6. The molecular formula is C22H24ClN7. The Bertz CT molecular complexity index is 1200. The zero-order valence-corrected chi connectivity index (χ0v) is 18.0. The Hall–Kier alpha value is -3.16. The van der Waals surface area contributed by atoms with Gasteiger partial charge in [0.25, 0.3) is 0 Å². The summed E-state index contributed by atoms with van der Waals surface area (Å²) in [5.74, 6) is 0.999. The summed E-state index contributed by atoms with van der Waals surface area (Å²) in [6.07, 6.45) is 0. The van der Waals surface area contributed by atoms with Gasteiger partial charge < -0.3 is 16.0 Å². The third kappa shape index (κ3) is 4.08. The summed E-state index contributed by atoms with van der Waals surface area (Å²) < 4.78 is 1.71. The fraction of sp³-hybridized carbons (Fsp3) is 0.227. The molecule has 0 fully saturated rings. The Kier molecular flexibility index (Phi) is 5.57. The lowest BCUT2D eigenvalue weighted by Gasteiger charge is -2.11. The first kappa shape index (κ1) is 20.1. The zero-order valence-electron chi connectivity index (χ0n) is 17.2. The molecule has 0 aliphatic heterocycles. The van der Waals surface area contributed by atoms with Crippen LogP contribution in [-0.2, 0) is 0 Å². The van der Waals surface area contributed by atoms with Crippen molar-refractivity contribution >= 4 is 34.4 Å². The second-order valence-corrected chi connectivity index (χ2v) is 7.91. The molecule has 0 saturated heterocycles. The van der Waals surface area contributed by atoms with E-state index in [0.717, 1.165) is 23.4 Å². The highest BCUT2D eigenvalue weighted by molar-refractivity contribution is 6.30. The number of anilines is 2. The summed E-state index contributed by atoms with van der Waals surface area (Å²) in [7, 11) is 4.04. The molecule has 154 valence electrons. The van der Waals surface area contributed by atoms with Gasteiger partial charge in [0, 0.05) is 23.7 Å². The summed E-state index contributed by atoms with van der Waals surface area (Å²) in [4.78, 5) is 11.5. The minimum absolute atomic E-state index is 0.491. The average molecular weight is 422 g/mol. The smallest absolute Gasteiger partial charge is 0.225 e. The van der Waals surface area contributed by atoms with Crippen LogP contribution in [0.5, 0.6) is 0 Å². The highest BCUT2D eigenvalue weighted by Crippen LogP contribution is 2.33. The lowest BCUT2D eigenvalue weighted by Crippen LogP contribution is -2.21. The van der Waals surface area contributed by atoms with Gasteiger partial charge in [-0.1, -0.05) is 35.9 Å². The summed E-state index contributed by atoms with van der Waals surface area (Å²) in [6, 6.07) is 15.6. The highest BCUT2D eigenvalue weighted by atomic mass is 35.5. The van der Waals surface area contributed by atoms with Crippen LogP contribution in [0.15, 0.2) is 48.5 Å². The van der Waals surface area contributed by atoms with Crippen molar-refractivity contribution < 1.29 is 0 Å². The standard InChI is InChI=1S/C22H24ClN7/c1-14-6-4-9-17(12-14)30-20(24)18-19(15-7-5-8-16(23)13-15)26-22(27-21(18)28-30)25-10-11-29(2)3/h4-9,12-13H,10-11,24H2,1-3H3,(H,25,27,28). The molecule has 4 aromatic rings. The Morgan fingerprint density at radius 3 is 2.63 bits per heavy atom. The van der Waals surface area contributed by atoms with Crippen molar-refractivity contribution in [2.45, 2.75) is 6.92 Å². The van der Waals surface area contributed by atoms with Crippen LogP contribution in [0.25, 0.3) is 28.0 Å². The minimum atomic E-state index is 0.491. The van der Waals surface area contributed by atoms with Crippen molar-refractivity contribution in [2.75, 3.05) is 38.2 Å². The first-order valence-corrected chi connectivity index (χ1v) is 10.1. The van der Waals surface area contributed by atoms with E-state index >= 15 is 0 Å². The molecule has 0 aliphatic carbocycles. The van der Waals surface area contributed by atoms with E-state index in [1.807, 2.05) is 69.6 Å². The van der Waals surface area contributed by atoms with Gasteiger partial charge in [0.2, 0.25) is 5.95 Å². The molecule has 0 aliphatic rings. The molecule has 0 saturated carbocycles. The van der Waals surface area contributed by atoms with Crippen LogP contribution >= 0.6 is 11.6 Å². The molecule has 0 spiro atoms. The van der Waals surface area contributed by atoms with Gasteiger partial charge in [-0.25, -0.2) is 9.67 Å². The molecule has 4 rings (SSSR count). The monoisotopic (exact) mass is 421 g/mol. The van der Waals surface area contributed by atoms with Crippen molar-refractivity contribution in [3.63, 3.8) is 0 Å². The predicted molar refractivity (Wildman–Crippen MR) is 123 cm³/mol. The van der Waals surface area contributed by atoms with E-state index in [-0.39, 0.29) is 0 Å². The molecule has 0 radical (unpaired) electrons. The van der Waals surface area contributed by atoms with E-state index in [2.05, 4.69) is 15.2 Å². The van der Waals surface area contributed by atoms with Crippen LogP contribution in [0.4, 0.5) is 11.8 Å². The van der Waals surface area contributed by atoms with Gasteiger partial charge >= 0.3 is 0 Å². The number of aromatic nitrogens is 4. The third-order valence-electron chi connectivity index (χ3n) is 4.76. The lowest BCUT2D eigenvalue weighted by molar-refractivity contribution is 0.425. The van der Waals surface area contributed by atoms with Crippen LogP contribution in [0.2, 0.25) is 5.02 Å². The van der Waals surface area contributed by atoms with Gasteiger partial charge in [-0.3, -0.25) is 0 Å². The number of aryl methyl sites for hydroxylation is 1. The normalized spacial score (nSPS) is 11.4. The Balaban J connectivity index is 1.89. The van der Waals surface area contributed by atoms with E-state index in [0.29, 0.717) is 40.1 Å². The summed E-state index contributed by atoms with van der Waals surface area (Å²) in [6.45, 7) is 3.60. The number of likely N-dealkylation sites (N-methyl/N-ethyl adjacent to an activating group) is 1. The van der Waals surface area contributed by atoms with Crippen molar-refractivity contribution in [2.24, 2.45) is 0 Å². The van der Waals surface area contributed by atoms with Gasteiger partial charge in [0.1, 0.15) is 5.82 Å². The van der Waals surface area contributed by atoms with Crippen LogP contribution in [0, 0.1) is 6.92 Å². The molecule has 2 aromatic heterocycles. The zero-order chi connectivity index (χ0) is 21.3. The molecule has 2 aromatic carbocycles. The Labute approximate surface area is 180 Å². The molecule has 3 N–H and O–H groups in total. The van der Waals surface area contributed by atoms with Crippen LogP contribution in [0.3, 0.4) is 0 Å². The molecule has 0 atom stereocenters. The van der Waals surface area contributed by atoms with Crippen LogP contribution in [0.1, 0.15) is 5.56 Å². The SMILES string of the molecule is Cc1cccc(-n2nc3nc(NCCN(C)C)nc(-c4cccc(Cl)c4)c3c2N)c1. The van der Waals surface area contributed by atoms with E-state index < -0.39 is 0 Å². The van der Waals surface area contributed by atoms with Gasteiger partial charge in [-0.15, -0.1) is 5.10 Å². The van der Waals surface area contributed by atoms with Crippen LogP contribution in [-0.4, -0.2) is 51.8 Å². The molecule has 0 amide bonds. The maximum atomic E-state index is 6.55. The van der Waals surface area contributed by atoms with E-state index in [4.69, 9.17) is 27.4 Å². The Morgan fingerprint density at radius 2 is 1.90 bits per heavy atom. The number of nitrogens with two attached hydrogens (primary N) is 1. The fourth-order valence-electron chi connectivity index (χ4n) is 3.28. The Morgan fingerprint density at radius 1 is 1.10 bits per heavy atom. The number of hydrogen-bond acceptors (Lipinski definition) is 6. The van der Waals surface area contributed by atoms with E-state index in [9.17, 15) is 0 Å². The summed E-state index contributed by atoms with van der Waals surface area (Å²) in [5, 5.41) is 9.31. The minimum Gasteiger partial charge on any atom is -0.383 e. The lowest BCUT2D eigenvalue weighted by atomic mass is 10.1. The van der Waals surface area contributed by atoms with E-state index in [1.54, 1.807) is 4.68 Å². The number of halogens is 1. The molecule has 0 bridgehead atoms. The van der Waals surface area contributed by atoms with Crippen molar-refractivity contribution in [3.05, 3.63) is 59.1 Å². The fourth-order valence-corrected chi connectivity index (χ4v) is 3.47. The van der Waals surface area contributed by atoms with Gasteiger partial charge in [0.15, 0.2) is 5.65 Å². The number of fused-ring (bicyclic) bond motifs is 1. The molecular weight excluding hydrogens is 398 g/mol.